The van der Waals surface area contributed by atoms with Crippen molar-refractivity contribution in [1.82, 2.24) is 0 Å². The van der Waals surface area contributed by atoms with Gasteiger partial charge in [0.05, 0.1) is 0 Å². The van der Waals surface area contributed by atoms with Crippen molar-refractivity contribution in [2.24, 2.45) is 0 Å². The summed E-state index contributed by atoms with van der Waals surface area (Å²) in [6, 6.07) is 19.9. The van der Waals surface area contributed by atoms with Crippen LogP contribution in [0.5, 0.6) is 0 Å². The van der Waals surface area contributed by atoms with Crippen molar-refractivity contribution in [2.45, 2.75) is 18.9 Å². The molecule has 0 aliphatic heterocycles. The summed E-state index contributed by atoms with van der Waals surface area (Å²) in [6.45, 7) is 0. The molecule has 0 radical (unpaired) electrons. The fourth-order valence-electron chi connectivity index (χ4n) is 1.89. The summed E-state index contributed by atoms with van der Waals surface area (Å²) in [5.41, 5.74) is 2.19. The Hall–Kier alpha value is -2.74. The minimum atomic E-state index is -0.605. The van der Waals surface area contributed by atoms with E-state index in [1.807, 2.05) is 48.5 Å². The van der Waals surface area contributed by atoms with Crippen molar-refractivity contribution in [3.05, 3.63) is 83.9 Å². The molecule has 108 valence electrons. The van der Waals surface area contributed by atoms with E-state index in [1.54, 1.807) is 12.2 Å². The van der Waals surface area contributed by atoms with E-state index < -0.39 is 6.10 Å². The molecular formula is C21H18O. The van der Waals surface area contributed by atoms with Crippen molar-refractivity contribution < 1.29 is 5.11 Å². The maximum Gasteiger partial charge on any atom is 0.115 e. The second kappa shape index (κ2) is 9.24. The van der Waals surface area contributed by atoms with Gasteiger partial charge in [-0.3, -0.25) is 0 Å². The number of allylic oxidation sites excluding steroid dienone is 2. The third-order valence-corrected chi connectivity index (χ3v) is 3.04. The van der Waals surface area contributed by atoms with Crippen LogP contribution in [0.2, 0.25) is 0 Å². The molecule has 0 fully saturated rings. The van der Waals surface area contributed by atoms with Crippen LogP contribution in [-0.2, 0) is 6.42 Å². The Morgan fingerprint density at radius 2 is 1.50 bits per heavy atom. The van der Waals surface area contributed by atoms with Crippen LogP contribution >= 0.6 is 0 Å². The lowest BCUT2D eigenvalue weighted by Crippen LogP contribution is -2.04. The van der Waals surface area contributed by atoms with Gasteiger partial charge in [-0.25, -0.2) is 0 Å². The SMILES string of the molecule is OC(C#C/C=C/C#Cc1ccccc1)CCc1ccccc1. The van der Waals surface area contributed by atoms with E-state index in [0.717, 1.165) is 12.0 Å². The van der Waals surface area contributed by atoms with Gasteiger partial charge in [-0.15, -0.1) is 0 Å². The minimum absolute atomic E-state index is 0.605. The number of hydrogen-bond acceptors (Lipinski definition) is 1. The van der Waals surface area contributed by atoms with Crippen LogP contribution in [0.25, 0.3) is 0 Å². The molecule has 0 bridgehead atoms. The lowest BCUT2D eigenvalue weighted by Gasteiger charge is -2.02. The highest BCUT2D eigenvalue weighted by Gasteiger charge is 1.99. The molecule has 1 atom stereocenters. The number of aliphatic hydroxyl groups is 1. The highest BCUT2D eigenvalue weighted by molar-refractivity contribution is 5.37. The maximum absolute atomic E-state index is 9.80. The summed E-state index contributed by atoms with van der Waals surface area (Å²) in [5.74, 6) is 11.6. The Labute approximate surface area is 132 Å². The molecule has 0 saturated carbocycles. The zero-order chi connectivity index (χ0) is 15.5. The fourth-order valence-corrected chi connectivity index (χ4v) is 1.89. The molecule has 0 aliphatic rings. The summed E-state index contributed by atoms with van der Waals surface area (Å²) >= 11 is 0. The van der Waals surface area contributed by atoms with E-state index in [4.69, 9.17) is 0 Å². The molecule has 1 unspecified atom stereocenters. The van der Waals surface area contributed by atoms with Gasteiger partial charge in [-0.1, -0.05) is 72.2 Å². The van der Waals surface area contributed by atoms with Crippen molar-refractivity contribution in [3.8, 4) is 23.7 Å². The van der Waals surface area contributed by atoms with E-state index in [9.17, 15) is 5.11 Å². The van der Waals surface area contributed by atoms with Crippen molar-refractivity contribution in [3.63, 3.8) is 0 Å². The fraction of sp³-hybridized carbons (Fsp3) is 0.143. The van der Waals surface area contributed by atoms with Gasteiger partial charge in [0.25, 0.3) is 0 Å². The second-order valence-electron chi connectivity index (χ2n) is 4.80. The molecule has 0 heterocycles. The van der Waals surface area contributed by atoms with Crippen LogP contribution in [0.3, 0.4) is 0 Å². The average molecular weight is 286 g/mol. The van der Waals surface area contributed by atoms with Gasteiger partial charge in [0.2, 0.25) is 0 Å². The smallest absolute Gasteiger partial charge is 0.115 e. The van der Waals surface area contributed by atoms with E-state index >= 15 is 0 Å². The Morgan fingerprint density at radius 1 is 0.864 bits per heavy atom. The van der Waals surface area contributed by atoms with Crippen molar-refractivity contribution >= 4 is 0 Å². The number of rotatable bonds is 3. The molecule has 2 aromatic rings. The highest BCUT2D eigenvalue weighted by Crippen LogP contribution is 2.04. The summed E-state index contributed by atoms with van der Waals surface area (Å²) in [4.78, 5) is 0. The molecule has 0 amide bonds. The van der Waals surface area contributed by atoms with Crippen LogP contribution in [0.15, 0.2) is 72.8 Å². The second-order valence-corrected chi connectivity index (χ2v) is 4.80. The van der Waals surface area contributed by atoms with Gasteiger partial charge in [0.15, 0.2) is 0 Å². The molecule has 1 N–H and O–H groups in total. The van der Waals surface area contributed by atoms with Gasteiger partial charge in [0, 0.05) is 5.56 Å². The van der Waals surface area contributed by atoms with Crippen molar-refractivity contribution in [2.75, 3.05) is 0 Å². The zero-order valence-electron chi connectivity index (χ0n) is 12.4. The number of aryl methyl sites for hydroxylation is 1. The van der Waals surface area contributed by atoms with Gasteiger partial charge < -0.3 is 5.11 Å². The molecule has 2 aromatic carbocycles. The van der Waals surface area contributed by atoms with Crippen LogP contribution < -0.4 is 0 Å². The molecule has 2 rings (SSSR count). The van der Waals surface area contributed by atoms with Crippen LogP contribution in [0, 0.1) is 23.7 Å². The van der Waals surface area contributed by atoms with Crippen LogP contribution in [0.1, 0.15) is 17.5 Å². The first-order chi connectivity index (χ1) is 10.8. The summed E-state index contributed by atoms with van der Waals surface area (Å²) in [7, 11) is 0. The first kappa shape index (κ1) is 15.6. The van der Waals surface area contributed by atoms with Gasteiger partial charge >= 0.3 is 0 Å². The zero-order valence-corrected chi connectivity index (χ0v) is 12.4. The third-order valence-electron chi connectivity index (χ3n) is 3.04. The molecule has 0 aromatic heterocycles. The standard InChI is InChI=1S/C21H18O/c22-21(18-17-20-14-8-4-9-15-20)16-10-2-1-5-11-19-12-6-3-7-13-19/h1-4,6-9,12-15,21-22H,17-18H2/b2-1+. The molecule has 0 saturated heterocycles. The Balaban J connectivity index is 1.76. The van der Waals surface area contributed by atoms with E-state index in [1.165, 1.54) is 5.56 Å². The van der Waals surface area contributed by atoms with Gasteiger partial charge in [0.1, 0.15) is 6.10 Å². The molecule has 22 heavy (non-hydrogen) atoms. The van der Waals surface area contributed by atoms with Crippen LogP contribution in [0.4, 0.5) is 0 Å². The quantitative estimate of drug-likeness (QED) is 0.855. The molecule has 0 aliphatic carbocycles. The first-order valence-corrected chi connectivity index (χ1v) is 7.29. The molecule has 1 nitrogen and oxygen atoms in total. The lowest BCUT2D eigenvalue weighted by molar-refractivity contribution is 0.222. The number of benzene rings is 2. The summed E-state index contributed by atoms with van der Waals surface area (Å²) in [6.07, 6.45) is 4.23. The van der Waals surface area contributed by atoms with E-state index in [2.05, 4.69) is 35.8 Å². The average Bonchev–Trinajstić information content (AvgIpc) is 2.58. The number of hydrogen-bond donors (Lipinski definition) is 1. The van der Waals surface area contributed by atoms with E-state index in [0.29, 0.717) is 6.42 Å². The Kier molecular flexibility index (Phi) is 6.57. The molecule has 1 heteroatoms. The largest absolute Gasteiger partial charge is 0.380 e. The third kappa shape index (κ3) is 6.14. The first-order valence-electron chi connectivity index (χ1n) is 7.29. The highest BCUT2D eigenvalue weighted by atomic mass is 16.3. The maximum atomic E-state index is 9.80. The molecular weight excluding hydrogens is 268 g/mol. The Bertz CT molecular complexity index is 706. The van der Waals surface area contributed by atoms with Gasteiger partial charge in [-0.2, -0.15) is 0 Å². The van der Waals surface area contributed by atoms with Crippen LogP contribution in [-0.4, -0.2) is 11.2 Å². The van der Waals surface area contributed by atoms with E-state index in [-0.39, 0.29) is 0 Å². The summed E-state index contributed by atoms with van der Waals surface area (Å²) in [5, 5.41) is 9.80. The Morgan fingerprint density at radius 3 is 2.23 bits per heavy atom. The minimum Gasteiger partial charge on any atom is -0.380 e. The monoisotopic (exact) mass is 286 g/mol. The lowest BCUT2D eigenvalue weighted by atomic mass is 10.1. The topological polar surface area (TPSA) is 20.2 Å². The van der Waals surface area contributed by atoms with Gasteiger partial charge in [-0.05, 0) is 42.7 Å². The molecule has 0 spiro atoms. The van der Waals surface area contributed by atoms with Crippen molar-refractivity contribution in [1.29, 1.82) is 0 Å². The number of aliphatic hydroxyl groups excluding tert-OH is 1. The predicted octanol–water partition coefficient (Wildman–Crippen LogP) is 3.59. The normalized spacial score (nSPS) is 11.1. The summed E-state index contributed by atoms with van der Waals surface area (Å²) < 4.78 is 0. The predicted molar refractivity (Wildman–Crippen MR) is 91.0 cm³/mol.